The Hall–Kier alpha value is -0.0551. The van der Waals surface area contributed by atoms with E-state index in [0.29, 0.717) is 0 Å². The van der Waals surface area contributed by atoms with E-state index in [4.69, 9.17) is 0 Å². The Balaban J connectivity index is 0.674. The van der Waals surface area contributed by atoms with Crippen LogP contribution in [0.3, 0.4) is 0 Å². The van der Waals surface area contributed by atoms with Crippen LogP contribution in [0.4, 0.5) is 0 Å². The molecule has 0 amide bonds. The minimum atomic E-state index is 0.799. The Morgan fingerprint density at radius 3 is 0.762 bits per heavy atom. The van der Waals surface area contributed by atoms with Gasteiger partial charge < -0.3 is 0 Å². The van der Waals surface area contributed by atoms with Gasteiger partial charge in [0.05, 0.1) is 0 Å². The maximum absolute atomic E-state index is 4.15. The molecule has 0 radical (unpaired) electrons. The molecule has 2 heterocycles. The van der Waals surface area contributed by atoms with E-state index in [-0.39, 0.29) is 0 Å². The third-order valence-corrected chi connectivity index (χ3v) is 50.4. The Labute approximate surface area is 752 Å². The lowest BCUT2D eigenvalue weighted by Gasteiger charge is -2.73. The van der Waals surface area contributed by atoms with Gasteiger partial charge in [-0.15, -0.1) is 0 Å². The normalized spacial score (nSPS) is 52.3. The average Bonchev–Trinajstić information content (AvgIpc) is 0.682. The fourth-order valence-electron chi connectivity index (χ4n) is 47.1. The predicted molar refractivity (Wildman–Crippen MR) is 510 cm³/mol. The largest absolute Gasteiger partial charge is 0.295 e. The summed E-state index contributed by atoms with van der Waals surface area (Å²) in [6.07, 6.45) is 119. The first kappa shape index (κ1) is 83.7. The Bertz CT molecular complexity index is 3090. The lowest BCUT2D eigenvalue weighted by molar-refractivity contribution is -0.173. The quantitative estimate of drug-likeness (QED) is 0.170. The average molecular weight is 1660 g/mol. The van der Waals surface area contributed by atoms with Gasteiger partial charge in [-0.25, -0.2) is 0 Å². The molecule has 0 N–H and O–H groups in total. The van der Waals surface area contributed by atoms with E-state index >= 15 is 0 Å². The van der Waals surface area contributed by atoms with Crippen molar-refractivity contribution >= 4 is 6.71 Å². The van der Waals surface area contributed by atoms with Crippen molar-refractivity contribution in [2.45, 2.75) is 547 Å². The van der Waals surface area contributed by atoms with E-state index in [0.717, 1.165) is 268 Å². The van der Waals surface area contributed by atoms with Crippen molar-refractivity contribution in [3.8, 4) is 0 Å². The molecular weight excluding hydrogens is 1470 g/mol. The van der Waals surface area contributed by atoms with Crippen LogP contribution in [-0.4, -0.2) is 75.8 Å². The third kappa shape index (κ3) is 15.0. The van der Waals surface area contributed by atoms with Crippen molar-refractivity contribution in [1.82, 2.24) is 14.7 Å². The third-order valence-electron chi connectivity index (χ3n) is 50.4. The smallest absolute Gasteiger partial charge is 0.156 e. The van der Waals surface area contributed by atoms with Gasteiger partial charge in [-0.3, -0.25) is 14.7 Å². The van der Waals surface area contributed by atoms with Crippen LogP contribution in [0.2, 0.25) is 17.5 Å². The van der Waals surface area contributed by atoms with E-state index in [1.54, 1.807) is 462 Å². The minimum Gasteiger partial charge on any atom is -0.295 e. The molecule has 2 aliphatic heterocycles. The summed E-state index contributed by atoms with van der Waals surface area (Å²) in [5, 5.41) is 0. The summed E-state index contributed by atoms with van der Waals surface area (Å²) in [6.45, 7) is 1.00. The van der Waals surface area contributed by atoms with Crippen LogP contribution in [0.5, 0.6) is 0 Å². The minimum absolute atomic E-state index is 0.799. The van der Waals surface area contributed by atoms with Crippen molar-refractivity contribution in [3.63, 3.8) is 0 Å². The van der Waals surface area contributed by atoms with Crippen LogP contribution in [0.1, 0.15) is 475 Å². The number of rotatable bonds is 13. The van der Waals surface area contributed by atoms with Gasteiger partial charge in [0.15, 0.2) is 6.71 Å². The number of nitrogens with zero attached hydrogens (tertiary/aromatic N) is 3. The highest BCUT2D eigenvalue weighted by molar-refractivity contribution is 6.65. The van der Waals surface area contributed by atoms with Gasteiger partial charge in [-0.2, -0.15) is 0 Å². The summed E-state index contributed by atoms with van der Waals surface area (Å²) in [4.78, 5) is 12.1. The summed E-state index contributed by atoms with van der Waals surface area (Å²) < 4.78 is 0. The molecule has 23 aliphatic carbocycles. The maximum atomic E-state index is 4.15. The van der Waals surface area contributed by atoms with Crippen LogP contribution in [0.15, 0.2) is 0 Å². The number of hydrogen-bond acceptors (Lipinski definition) is 3. The fraction of sp³-hybridized carbons (Fsp3) is 1.00. The summed E-state index contributed by atoms with van der Waals surface area (Å²) in [5.74, 6) is 36.9. The predicted octanol–water partition coefficient (Wildman–Crippen LogP) is 31.7. The van der Waals surface area contributed by atoms with Crippen molar-refractivity contribution < 1.29 is 0 Å². The van der Waals surface area contributed by atoms with E-state index in [1.807, 2.05) is 0 Å². The topological polar surface area (TPSA) is 9.72 Å². The molecule has 25 fully saturated rings. The van der Waals surface area contributed by atoms with Gasteiger partial charge in [0.1, 0.15) is 0 Å². The maximum Gasteiger partial charge on any atom is 0.156 e. The summed E-state index contributed by atoms with van der Waals surface area (Å²) in [7, 11) is 0. The first-order valence-electron chi connectivity index (χ1n) is 59.9. The van der Waals surface area contributed by atoms with Crippen molar-refractivity contribution in [1.29, 1.82) is 0 Å². The molecule has 25 rings (SSSR count). The summed E-state index contributed by atoms with van der Waals surface area (Å²) >= 11 is 0. The molecule has 0 aromatic heterocycles. The van der Waals surface area contributed by atoms with Gasteiger partial charge in [-0.05, 0) is 374 Å². The first-order valence-corrected chi connectivity index (χ1v) is 59.9. The Morgan fingerprint density at radius 1 is 0.156 bits per heavy atom. The molecule has 122 heavy (non-hydrogen) atoms. The van der Waals surface area contributed by atoms with Crippen LogP contribution in [0.25, 0.3) is 0 Å². The molecule has 682 valence electrons. The van der Waals surface area contributed by atoms with Crippen molar-refractivity contribution in [3.05, 3.63) is 0 Å². The Kier molecular flexibility index (Phi) is 25.1. The monoisotopic (exact) mass is 1660 g/mol. The second-order valence-corrected chi connectivity index (χ2v) is 53.9. The molecule has 23 saturated carbocycles. The van der Waals surface area contributed by atoms with Crippen molar-refractivity contribution in [2.75, 3.05) is 0 Å². The van der Waals surface area contributed by atoms with Gasteiger partial charge in [0, 0.05) is 54.4 Å². The second-order valence-electron chi connectivity index (χ2n) is 53.9. The number of fused-ring (bicyclic) bond motifs is 8. The first-order chi connectivity index (χ1) is 60.6. The van der Waals surface area contributed by atoms with Gasteiger partial charge in [0.2, 0.25) is 0 Å². The zero-order valence-corrected chi connectivity index (χ0v) is 79.6. The molecule has 0 aromatic rings. The van der Waals surface area contributed by atoms with Gasteiger partial charge >= 0.3 is 0 Å². The zero-order chi connectivity index (χ0) is 80.0. The van der Waals surface area contributed by atoms with Crippen LogP contribution in [0, 0.1) is 189 Å². The standard InChI is InChI=1S/C118H192BN3/c1-7-27-75(28-8-1)77-55-63-89(64-56-77)120(90-65-57-78(58-66-90)76-29-9-2-10-30-76)91-73-108-116-109(74-91)122(118-96(81-35-15-5-16-36-81)47-26-48-97(118)82-37-17-6-18-38-82)107-72-88(93-68-60-86-44-22-52-101-99-50-20-40-84-42-24-54-103(111(84)99)115(93)113(86)101)62-70-105(107)119(116)104-69-61-87(92-67-59-85-43-21-51-100-98-49-19-39-83-41-23-53-102(110(83)98)114(92)112(85)100)71-106(104)121(108)117-94(79-31-11-3-12-32-79)45-25-46-95(117)80-33-13-4-14-34-80/h75-118H,1-74H2. The molecule has 2 saturated heterocycles. The van der Waals surface area contributed by atoms with E-state index in [2.05, 4.69) is 14.7 Å². The summed E-state index contributed by atoms with van der Waals surface area (Å²) in [6, 6.07) is 7.67. The molecular formula is C118H192BN3. The van der Waals surface area contributed by atoms with Crippen LogP contribution < -0.4 is 0 Å². The van der Waals surface area contributed by atoms with Gasteiger partial charge in [-0.1, -0.05) is 308 Å². The fourth-order valence-corrected chi connectivity index (χ4v) is 47.1. The zero-order valence-electron chi connectivity index (χ0n) is 79.6. The Morgan fingerprint density at radius 2 is 0.418 bits per heavy atom. The van der Waals surface area contributed by atoms with E-state index in [1.165, 1.54) is 12.8 Å². The van der Waals surface area contributed by atoms with Crippen molar-refractivity contribution in [2.24, 2.45) is 189 Å². The summed E-state index contributed by atoms with van der Waals surface area (Å²) in [5.41, 5.74) is 0. The molecule has 30 unspecified atom stereocenters. The van der Waals surface area contributed by atoms with Crippen LogP contribution in [-0.2, 0) is 0 Å². The highest BCUT2D eigenvalue weighted by atomic mass is 15.3. The SMILES string of the molecule is C1CCC(C2CCC(N(C3CCC(C4CCCCC4)CC3)C3CC4C5B(C6CCC(C7CCC8CCCC9C%10CCCC%11CCCC(C%11%10)C7C89)CC6N4C4C(C6CCCCC6)CCCC4C4CCCCC4)C4CCC(C6CCC7CCCC8C9CCCC%10CCCC(C%109)C6C78)CC4N(C4C(C6CCCCC6)CCCC4C4CCCCC4)C5C3)CC2)CC1. The number of hydrogen-bond donors (Lipinski definition) is 0. The molecule has 0 bridgehead atoms. The molecule has 0 spiro atoms. The molecule has 25 aliphatic rings. The molecule has 4 heteroatoms. The lowest BCUT2D eigenvalue weighted by Crippen LogP contribution is -2.78. The van der Waals surface area contributed by atoms with E-state index < -0.39 is 0 Å². The highest BCUT2D eigenvalue weighted by Crippen LogP contribution is 2.74. The van der Waals surface area contributed by atoms with Crippen LogP contribution >= 0.6 is 0 Å². The molecule has 0 aromatic carbocycles. The second kappa shape index (κ2) is 36.6. The lowest BCUT2D eigenvalue weighted by atomic mass is 9.18. The molecule has 30 atom stereocenters. The van der Waals surface area contributed by atoms with Gasteiger partial charge in [0.25, 0.3) is 0 Å². The molecule has 3 nitrogen and oxygen atoms in total. The van der Waals surface area contributed by atoms with E-state index in [9.17, 15) is 0 Å². The highest BCUT2D eigenvalue weighted by Gasteiger charge is 2.71.